The number of nitrogens with zero attached hydrogens (tertiary/aromatic N) is 4. The lowest BCUT2D eigenvalue weighted by atomic mass is 10.0. The molecular formula is C23H36N4O4. The summed E-state index contributed by atoms with van der Waals surface area (Å²) in [6.45, 7) is 14.9. The summed E-state index contributed by atoms with van der Waals surface area (Å²) in [7, 11) is 0. The average molecular weight is 433 g/mol. The van der Waals surface area contributed by atoms with Gasteiger partial charge in [-0.3, -0.25) is 0 Å². The Kier molecular flexibility index (Phi) is 6.99. The molecular weight excluding hydrogens is 396 g/mol. The molecule has 2 aliphatic heterocycles. The minimum atomic E-state index is -0.924. The number of carbonyl (C=O) groups excluding carboxylic acids is 1. The largest absolute Gasteiger partial charge is 0.478 e. The number of hydrogen-bond acceptors (Lipinski definition) is 6. The molecule has 0 saturated carbocycles. The molecule has 0 bridgehead atoms. The van der Waals surface area contributed by atoms with Crippen LogP contribution >= 0.6 is 0 Å². The van der Waals surface area contributed by atoms with Gasteiger partial charge in [0, 0.05) is 51.5 Å². The highest BCUT2D eigenvalue weighted by molar-refractivity contribution is 5.91. The van der Waals surface area contributed by atoms with Crippen LogP contribution in [0.1, 0.15) is 56.5 Å². The van der Waals surface area contributed by atoms with Crippen molar-refractivity contribution < 1.29 is 19.4 Å². The average Bonchev–Trinajstić information content (AvgIpc) is 3.23. The fourth-order valence-corrected chi connectivity index (χ4v) is 4.32. The maximum Gasteiger partial charge on any atom is 0.410 e. The van der Waals surface area contributed by atoms with Crippen LogP contribution in [0, 0.1) is 6.92 Å². The van der Waals surface area contributed by atoms with E-state index in [9.17, 15) is 14.7 Å². The Morgan fingerprint density at radius 1 is 1.06 bits per heavy atom. The van der Waals surface area contributed by atoms with Gasteiger partial charge < -0.3 is 24.7 Å². The number of carboxylic acids is 1. The standard InChI is InChI=1S/C23H36N4O4/c1-6-27(26-9-7-8-10-26)20-16-18(21(28)29)15-19(17(20)2)24-11-13-25(14-12-24)22(30)31-23(3,4)5/h15-16H,6-14H2,1-5H3,(H,28,29). The molecule has 0 atom stereocenters. The molecule has 0 aromatic heterocycles. The molecule has 2 heterocycles. The first-order valence-electron chi connectivity index (χ1n) is 11.2. The molecule has 2 saturated heterocycles. The highest BCUT2D eigenvalue weighted by Crippen LogP contribution is 2.34. The Hall–Kier alpha value is -2.48. The Morgan fingerprint density at radius 3 is 2.19 bits per heavy atom. The van der Waals surface area contributed by atoms with Crippen LogP contribution in [0.2, 0.25) is 0 Å². The number of anilines is 2. The molecule has 2 aliphatic rings. The van der Waals surface area contributed by atoms with Crippen molar-refractivity contribution in [2.45, 2.75) is 53.1 Å². The number of benzene rings is 1. The highest BCUT2D eigenvalue weighted by Gasteiger charge is 2.28. The van der Waals surface area contributed by atoms with Gasteiger partial charge in [0.1, 0.15) is 5.60 Å². The van der Waals surface area contributed by atoms with Crippen LogP contribution in [0.3, 0.4) is 0 Å². The summed E-state index contributed by atoms with van der Waals surface area (Å²) in [4.78, 5) is 28.2. The Bertz CT molecular complexity index is 807. The van der Waals surface area contributed by atoms with Crippen molar-refractivity contribution in [2.75, 3.05) is 55.7 Å². The van der Waals surface area contributed by atoms with Crippen molar-refractivity contribution in [2.24, 2.45) is 0 Å². The number of rotatable bonds is 5. The lowest BCUT2D eigenvalue weighted by Gasteiger charge is -2.39. The fraction of sp³-hybridized carbons (Fsp3) is 0.652. The third kappa shape index (κ3) is 5.42. The zero-order valence-corrected chi connectivity index (χ0v) is 19.5. The van der Waals surface area contributed by atoms with Crippen molar-refractivity contribution in [1.82, 2.24) is 9.91 Å². The summed E-state index contributed by atoms with van der Waals surface area (Å²) >= 11 is 0. The van der Waals surface area contributed by atoms with Gasteiger partial charge in [-0.15, -0.1) is 0 Å². The van der Waals surface area contributed by atoms with Gasteiger partial charge >= 0.3 is 12.1 Å². The summed E-state index contributed by atoms with van der Waals surface area (Å²) in [5, 5.41) is 14.3. The molecule has 0 aliphatic carbocycles. The van der Waals surface area contributed by atoms with E-state index in [0.29, 0.717) is 31.7 Å². The molecule has 2 fully saturated rings. The van der Waals surface area contributed by atoms with E-state index in [-0.39, 0.29) is 6.09 Å². The summed E-state index contributed by atoms with van der Waals surface area (Å²) < 4.78 is 5.49. The SMILES string of the molecule is CCN(c1cc(C(=O)O)cc(N2CCN(C(=O)OC(C)(C)C)CC2)c1C)N1CCCC1. The van der Waals surface area contributed by atoms with Gasteiger partial charge in [-0.05, 0) is 65.2 Å². The van der Waals surface area contributed by atoms with Crippen LogP contribution in [0.5, 0.6) is 0 Å². The van der Waals surface area contributed by atoms with Crippen LogP contribution in [-0.2, 0) is 4.74 Å². The van der Waals surface area contributed by atoms with E-state index in [4.69, 9.17) is 4.74 Å². The van der Waals surface area contributed by atoms with Crippen molar-refractivity contribution in [3.63, 3.8) is 0 Å². The van der Waals surface area contributed by atoms with Gasteiger partial charge in [-0.1, -0.05) is 0 Å². The van der Waals surface area contributed by atoms with Gasteiger partial charge in [0.05, 0.1) is 11.3 Å². The quantitative estimate of drug-likeness (QED) is 0.762. The van der Waals surface area contributed by atoms with Crippen LogP contribution in [-0.4, -0.2) is 78.5 Å². The molecule has 172 valence electrons. The van der Waals surface area contributed by atoms with Gasteiger partial charge in [0.25, 0.3) is 0 Å². The van der Waals surface area contributed by atoms with Gasteiger partial charge in [0.15, 0.2) is 0 Å². The maximum atomic E-state index is 12.4. The Balaban J connectivity index is 1.83. The van der Waals surface area contributed by atoms with E-state index in [1.165, 1.54) is 0 Å². The number of carbonyl (C=O) groups is 2. The first-order chi connectivity index (χ1) is 14.6. The third-order valence-corrected chi connectivity index (χ3v) is 5.87. The van der Waals surface area contributed by atoms with E-state index in [1.54, 1.807) is 17.0 Å². The molecule has 3 rings (SSSR count). The molecule has 0 unspecified atom stereocenters. The van der Waals surface area contributed by atoms with Crippen molar-refractivity contribution >= 4 is 23.4 Å². The molecule has 1 aromatic rings. The zero-order chi connectivity index (χ0) is 22.8. The van der Waals surface area contributed by atoms with Crippen LogP contribution in [0.15, 0.2) is 12.1 Å². The van der Waals surface area contributed by atoms with E-state index >= 15 is 0 Å². The van der Waals surface area contributed by atoms with Crippen molar-refractivity contribution in [3.8, 4) is 0 Å². The number of carboxylic acid groups (broad SMARTS) is 1. The Labute approximate surface area is 185 Å². The normalized spacial score (nSPS) is 17.7. The molecule has 8 heteroatoms. The third-order valence-electron chi connectivity index (χ3n) is 5.87. The predicted molar refractivity (Wildman–Crippen MR) is 122 cm³/mol. The lowest BCUT2D eigenvalue weighted by molar-refractivity contribution is 0.0240. The summed E-state index contributed by atoms with van der Waals surface area (Å²) in [5.74, 6) is -0.924. The molecule has 1 aromatic carbocycles. The summed E-state index contributed by atoms with van der Waals surface area (Å²) in [6, 6.07) is 3.56. The molecule has 8 nitrogen and oxygen atoms in total. The van der Waals surface area contributed by atoms with Gasteiger partial charge in [-0.25, -0.2) is 14.6 Å². The first kappa shape index (κ1) is 23.2. The van der Waals surface area contributed by atoms with E-state index in [1.807, 2.05) is 20.8 Å². The van der Waals surface area contributed by atoms with E-state index in [2.05, 4.69) is 28.8 Å². The fourth-order valence-electron chi connectivity index (χ4n) is 4.32. The Morgan fingerprint density at radius 2 is 1.68 bits per heavy atom. The number of aromatic carboxylic acids is 1. The van der Waals surface area contributed by atoms with E-state index in [0.717, 1.165) is 49.4 Å². The number of amides is 1. The smallest absolute Gasteiger partial charge is 0.410 e. The van der Waals surface area contributed by atoms with Gasteiger partial charge in [0.2, 0.25) is 0 Å². The maximum absolute atomic E-state index is 12.4. The molecule has 0 radical (unpaired) electrons. The number of ether oxygens (including phenoxy) is 1. The summed E-state index contributed by atoms with van der Waals surface area (Å²) in [5.41, 5.74) is 2.73. The molecule has 1 amide bonds. The van der Waals surface area contributed by atoms with Crippen molar-refractivity contribution in [1.29, 1.82) is 0 Å². The second-order valence-electron chi connectivity index (χ2n) is 9.28. The highest BCUT2D eigenvalue weighted by atomic mass is 16.6. The lowest BCUT2D eigenvalue weighted by Crippen LogP contribution is -2.50. The minimum absolute atomic E-state index is 0.294. The molecule has 0 spiro atoms. The molecule has 31 heavy (non-hydrogen) atoms. The first-order valence-corrected chi connectivity index (χ1v) is 11.2. The van der Waals surface area contributed by atoms with E-state index < -0.39 is 11.6 Å². The topological polar surface area (TPSA) is 76.6 Å². The number of hydrogen-bond donors (Lipinski definition) is 1. The van der Waals surface area contributed by atoms with Gasteiger partial charge in [-0.2, -0.15) is 0 Å². The minimum Gasteiger partial charge on any atom is -0.478 e. The van der Waals surface area contributed by atoms with Crippen LogP contribution < -0.4 is 9.91 Å². The second-order valence-corrected chi connectivity index (χ2v) is 9.28. The predicted octanol–water partition coefficient (Wildman–Crippen LogP) is 3.59. The second kappa shape index (κ2) is 9.34. The van der Waals surface area contributed by atoms with Crippen molar-refractivity contribution in [3.05, 3.63) is 23.3 Å². The monoisotopic (exact) mass is 432 g/mol. The zero-order valence-electron chi connectivity index (χ0n) is 19.5. The summed E-state index contributed by atoms with van der Waals surface area (Å²) in [6.07, 6.45) is 2.02. The number of hydrazine groups is 1. The van der Waals surface area contributed by atoms with Crippen LogP contribution in [0.4, 0.5) is 16.2 Å². The number of piperazine rings is 1. The van der Waals surface area contributed by atoms with Crippen LogP contribution in [0.25, 0.3) is 0 Å². The molecule has 1 N–H and O–H groups in total.